The molecular weight excluding hydrogens is 224 g/mol. The minimum atomic E-state index is 0.476. The van der Waals surface area contributed by atoms with Crippen molar-refractivity contribution in [3.8, 4) is 5.75 Å². The van der Waals surface area contributed by atoms with Gasteiger partial charge in [-0.2, -0.15) is 0 Å². The van der Waals surface area contributed by atoms with Crippen LogP contribution in [0.3, 0.4) is 0 Å². The van der Waals surface area contributed by atoms with E-state index in [0.29, 0.717) is 5.92 Å². The molecule has 1 saturated carbocycles. The summed E-state index contributed by atoms with van der Waals surface area (Å²) in [5, 5.41) is 0. The van der Waals surface area contributed by atoms with Gasteiger partial charge in [0.05, 0.1) is 6.61 Å². The summed E-state index contributed by atoms with van der Waals surface area (Å²) in [5.74, 6) is 3.48. The Kier molecular flexibility index (Phi) is 3.09. The SMILES string of the molecule is CCOC1=CC(Oc2ccccc2)=C2CCC[C@H]12. The van der Waals surface area contributed by atoms with Gasteiger partial charge in [-0.3, -0.25) is 0 Å². The Morgan fingerprint density at radius 1 is 1.22 bits per heavy atom. The van der Waals surface area contributed by atoms with E-state index < -0.39 is 0 Å². The summed E-state index contributed by atoms with van der Waals surface area (Å²) >= 11 is 0. The molecule has 0 amide bonds. The van der Waals surface area contributed by atoms with Gasteiger partial charge in [0, 0.05) is 12.0 Å². The van der Waals surface area contributed by atoms with Gasteiger partial charge in [-0.1, -0.05) is 18.2 Å². The highest BCUT2D eigenvalue weighted by Gasteiger charge is 2.34. The first kappa shape index (κ1) is 11.4. The highest BCUT2D eigenvalue weighted by atomic mass is 16.5. The topological polar surface area (TPSA) is 18.5 Å². The third-order valence-electron chi connectivity index (χ3n) is 3.57. The Labute approximate surface area is 108 Å². The molecule has 0 spiro atoms. The molecule has 1 aromatic rings. The molecule has 2 aliphatic rings. The number of fused-ring (bicyclic) bond motifs is 1. The Morgan fingerprint density at radius 3 is 2.83 bits per heavy atom. The fourth-order valence-electron chi connectivity index (χ4n) is 2.80. The van der Waals surface area contributed by atoms with Gasteiger partial charge in [0.1, 0.15) is 17.3 Å². The molecular formula is C16H18O2. The lowest BCUT2D eigenvalue weighted by Crippen LogP contribution is -2.01. The van der Waals surface area contributed by atoms with Gasteiger partial charge in [0.2, 0.25) is 0 Å². The average molecular weight is 242 g/mol. The highest BCUT2D eigenvalue weighted by Crippen LogP contribution is 2.44. The van der Waals surface area contributed by atoms with Crippen molar-refractivity contribution in [1.29, 1.82) is 0 Å². The van der Waals surface area contributed by atoms with Crippen LogP contribution in [0.4, 0.5) is 0 Å². The van der Waals surface area contributed by atoms with Crippen LogP contribution in [0.25, 0.3) is 0 Å². The quantitative estimate of drug-likeness (QED) is 0.793. The van der Waals surface area contributed by atoms with Crippen molar-refractivity contribution in [3.63, 3.8) is 0 Å². The molecule has 0 saturated heterocycles. The first-order valence-corrected chi connectivity index (χ1v) is 6.69. The first-order valence-electron chi connectivity index (χ1n) is 6.69. The van der Waals surface area contributed by atoms with E-state index >= 15 is 0 Å². The van der Waals surface area contributed by atoms with E-state index in [1.165, 1.54) is 18.4 Å². The van der Waals surface area contributed by atoms with E-state index in [1.54, 1.807) is 0 Å². The molecule has 18 heavy (non-hydrogen) atoms. The third-order valence-corrected chi connectivity index (χ3v) is 3.57. The Balaban J connectivity index is 1.84. The average Bonchev–Trinajstić information content (AvgIpc) is 2.97. The molecule has 1 atom stereocenters. The number of hydrogen-bond donors (Lipinski definition) is 0. The molecule has 0 unspecified atom stereocenters. The monoisotopic (exact) mass is 242 g/mol. The largest absolute Gasteiger partial charge is 0.497 e. The molecule has 0 bridgehead atoms. The molecule has 0 radical (unpaired) electrons. The summed E-state index contributed by atoms with van der Waals surface area (Å²) in [4.78, 5) is 0. The lowest BCUT2D eigenvalue weighted by Gasteiger charge is -2.11. The van der Waals surface area contributed by atoms with Gasteiger partial charge in [-0.25, -0.2) is 0 Å². The van der Waals surface area contributed by atoms with Gasteiger partial charge in [-0.05, 0) is 43.9 Å². The van der Waals surface area contributed by atoms with Gasteiger partial charge in [-0.15, -0.1) is 0 Å². The molecule has 2 nitrogen and oxygen atoms in total. The molecule has 94 valence electrons. The molecule has 2 aliphatic carbocycles. The zero-order valence-electron chi connectivity index (χ0n) is 10.7. The second kappa shape index (κ2) is 4.89. The van der Waals surface area contributed by atoms with Crippen LogP contribution in [0.15, 0.2) is 53.5 Å². The number of rotatable bonds is 4. The smallest absolute Gasteiger partial charge is 0.130 e. The number of hydrogen-bond acceptors (Lipinski definition) is 2. The predicted molar refractivity (Wildman–Crippen MR) is 71.1 cm³/mol. The summed E-state index contributed by atoms with van der Waals surface area (Å²) in [7, 11) is 0. The van der Waals surface area contributed by atoms with Crippen molar-refractivity contribution in [2.75, 3.05) is 6.61 Å². The fourth-order valence-corrected chi connectivity index (χ4v) is 2.80. The summed E-state index contributed by atoms with van der Waals surface area (Å²) in [6.07, 6.45) is 5.66. The van der Waals surface area contributed by atoms with Crippen molar-refractivity contribution in [2.45, 2.75) is 26.2 Å². The number of para-hydroxylation sites is 1. The minimum Gasteiger partial charge on any atom is -0.497 e. The van der Waals surface area contributed by atoms with E-state index in [1.807, 2.05) is 37.3 Å². The molecule has 0 aliphatic heterocycles. The number of allylic oxidation sites excluding steroid dienone is 2. The highest BCUT2D eigenvalue weighted by molar-refractivity contribution is 5.41. The van der Waals surface area contributed by atoms with E-state index in [2.05, 4.69) is 6.08 Å². The van der Waals surface area contributed by atoms with Crippen LogP contribution in [0.1, 0.15) is 26.2 Å². The Morgan fingerprint density at radius 2 is 2.06 bits per heavy atom. The maximum absolute atomic E-state index is 5.99. The van der Waals surface area contributed by atoms with Gasteiger partial charge in [0.25, 0.3) is 0 Å². The molecule has 1 aromatic carbocycles. The van der Waals surface area contributed by atoms with Crippen LogP contribution in [0, 0.1) is 5.92 Å². The minimum absolute atomic E-state index is 0.476. The third kappa shape index (κ3) is 2.03. The van der Waals surface area contributed by atoms with Crippen LogP contribution < -0.4 is 4.74 Å². The Hall–Kier alpha value is -1.70. The number of ether oxygens (including phenoxy) is 2. The predicted octanol–water partition coefficient (Wildman–Crippen LogP) is 4.05. The maximum atomic E-state index is 5.99. The molecule has 3 rings (SSSR count). The lowest BCUT2D eigenvalue weighted by molar-refractivity contribution is 0.203. The molecule has 0 aromatic heterocycles. The first-order chi connectivity index (χ1) is 8.88. The van der Waals surface area contributed by atoms with Crippen LogP contribution in [-0.2, 0) is 4.74 Å². The molecule has 0 N–H and O–H groups in total. The van der Waals surface area contributed by atoms with E-state index in [9.17, 15) is 0 Å². The standard InChI is InChI=1S/C16H18O2/c1-2-17-15-11-16(14-10-6-9-13(14)15)18-12-7-4-3-5-8-12/h3-5,7-8,11,13H,2,6,9-10H2,1H3/t13-/m0/s1. The normalized spacial score (nSPS) is 21.8. The van der Waals surface area contributed by atoms with Gasteiger partial charge < -0.3 is 9.47 Å². The molecule has 1 fully saturated rings. The van der Waals surface area contributed by atoms with Crippen molar-refractivity contribution in [3.05, 3.63) is 53.5 Å². The maximum Gasteiger partial charge on any atom is 0.130 e. The summed E-state index contributed by atoms with van der Waals surface area (Å²) in [6, 6.07) is 9.97. The van der Waals surface area contributed by atoms with E-state index in [-0.39, 0.29) is 0 Å². The zero-order chi connectivity index (χ0) is 12.4. The van der Waals surface area contributed by atoms with Crippen LogP contribution >= 0.6 is 0 Å². The van der Waals surface area contributed by atoms with Crippen LogP contribution in [0.2, 0.25) is 0 Å². The van der Waals surface area contributed by atoms with Crippen LogP contribution in [-0.4, -0.2) is 6.61 Å². The van der Waals surface area contributed by atoms with Gasteiger partial charge in [0.15, 0.2) is 0 Å². The fraction of sp³-hybridized carbons (Fsp3) is 0.375. The molecule has 0 heterocycles. The Bertz CT molecular complexity index is 485. The van der Waals surface area contributed by atoms with E-state index in [0.717, 1.165) is 30.3 Å². The summed E-state index contributed by atoms with van der Waals surface area (Å²) in [6.45, 7) is 2.76. The summed E-state index contributed by atoms with van der Waals surface area (Å²) < 4.78 is 11.7. The molecule has 2 heteroatoms. The van der Waals surface area contributed by atoms with Crippen molar-refractivity contribution in [2.24, 2.45) is 5.92 Å². The van der Waals surface area contributed by atoms with Crippen molar-refractivity contribution in [1.82, 2.24) is 0 Å². The lowest BCUT2D eigenvalue weighted by atomic mass is 10.1. The summed E-state index contributed by atoms with van der Waals surface area (Å²) in [5.41, 5.74) is 1.42. The van der Waals surface area contributed by atoms with E-state index in [4.69, 9.17) is 9.47 Å². The second-order valence-corrected chi connectivity index (χ2v) is 4.73. The van der Waals surface area contributed by atoms with Crippen LogP contribution in [0.5, 0.6) is 5.75 Å². The van der Waals surface area contributed by atoms with Gasteiger partial charge >= 0.3 is 0 Å². The zero-order valence-corrected chi connectivity index (χ0v) is 10.7. The number of benzene rings is 1. The van der Waals surface area contributed by atoms with Crippen molar-refractivity contribution < 1.29 is 9.47 Å². The second-order valence-electron chi connectivity index (χ2n) is 4.73. The van der Waals surface area contributed by atoms with Crippen molar-refractivity contribution >= 4 is 0 Å².